The lowest BCUT2D eigenvalue weighted by atomic mass is 10.0. The van der Waals surface area contributed by atoms with Crippen LogP contribution < -0.4 is 10.6 Å². The summed E-state index contributed by atoms with van der Waals surface area (Å²) >= 11 is 7.47. The highest BCUT2D eigenvalue weighted by Crippen LogP contribution is 2.27. The Morgan fingerprint density at radius 3 is 2.94 bits per heavy atom. The van der Waals surface area contributed by atoms with Gasteiger partial charge in [0, 0.05) is 6.54 Å². The molecule has 0 aromatic carbocycles. The standard InChI is InChI=1S/C11H15ClN2OS/c1-7-5-16-9(8(7)12)10(15)14-11(2)3-4-13-6-11/h5,13H,3-4,6H2,1-2H3,(H,14,15). The SMILES string of the molecule is Cc1csc(C(=O)NC2(C)CCNC2)c1Cl. The van der Waals surface area contributed by atoms with E-state index in [1.54, 1.807) is 0 Å². The molecule has 1 aliphatic heterocycles. The molecule has 0 aliphatic carbocycles. The maximum atomic E-state index is 12.0. The zero-order valence-electron chi connectivity index (χ0n) is 9.39. The molecule has 1 aliphatic rings. The monoisotopic (exact) mass is 258 g/mol. The van der Waals surface area contributed by atoms with Gasteiger partial charge in [0.05, 0.1) is 10.6 Å². The minimum absolute atomic E-state index is 0.0608. The lowest BCUT2D eigenvalue weighted by Crippen LogP contribution is -2.47. The Morgan fingerprint density at radius 2 is 2.44 bits per heavy atom. The number of carbonyl (C=O) groups is 1. The summed E-state index contributed by atoms with van der Waals surface area (Å²) in [5.41, 5.74) is 0.824. The molecule has 0 radical (unpaired) electrons. The van der Waals surface area contributed by atoms with E-state index in [4.69, 9.17) is 11.6 Å². The molecule has 1 unspecified atom stereocenters. The van der Waals surface area contributed by atoms with Crippen molar-refractivity contribution in [1.82, 2.24) is 10.6 Å². The lowest BCUT2D eigenvalue weighted by molar-refractivity contribution is 0.0917. The van der Waals surface area contributed by atoms with Gasteiger partial charge in [0.15, 0.2) is 0 Å². The van der Waals surface area contributed by atoms with Crippen LogP contribution in [0.5, 0.6) is 0 Å². The third-order valence-corrected chi connectivity index (χ3v) is 4.59. The number of halogens is 1. The molecule has 3 nitrogen and oxygen atoms in total. The number of rotatable bonds is 2. The van der Waals surface area contributed by atoms with Crippen molar-refractivity contribution in [2.24, 2.45) is 0 Å². The van der Waals surface area contributed by atoms with Crippen LogP contribution >= 0.6 is 22.9 Å². The molecule has 1 aromatic heterocycles. The second-order valence-electron chi connectivity index (χ2n) is 4.50. The van der Waals surface area contributed by atoms with Crippen LogP contribution in [0.3, 0.4) is 0 Å². The molecule has 16 heavy (non-hydrogen) atoms. The number of thiophene rings is 1. The first kappa shape index (κ1) is 11.9. The average molecular weight is 259 g/mol. The summed E-state index contributed by atoms with van der Waals surface area (Å²) in [6.45, 7) is 5.74. The number of nitrogens with one attached hydrogen (secondary N) is 2. The molecular weight excluding hydrogens is 244 g/mol. The molecule has 0 bridgehead atoms. The third kappa shape index (κ3) is 2.24. The highest BCUT2D eigenvalue weighted by Gasteiger charge is 2.31. The molecule has 0 spiro atoms. The van der Waals surface area contributed by atoms with E-state index in [0.29, 0.717) is 9.90 Å². The van der Waals surface area contributed by atoms with Gasteiger partial charge in [-0.25, -0.2) is 0 Å². The number of amides is 1. The Morgan fingerprint density at radius 1 is 1.69 bits per heavy atom. The minimum atomic E-state index is -0.141. The zero-order chi connectivity index (χ0) is 11.8. The van der Waals surface area contributed by atoms with Crippen LogP contribution in [0.1, 0.15) is 28.6 Å². The summed E-state index contributed by atoms with van der Waals surface area (Å²) in [7, 11) is 0. The Bertz CT molecular complexity index is 410. The predicted octanol–water partition coefficient (Wildman–Crippen LogP) is 2.19. The van der Waals surface area contributed by atoms with Crippen molar-refractivity contribution in [1.29, 1.82) is 0 Å². The number of aryl methyl sites for hydroxylation is 1. The average Bonchev–Trinajstić information content (AvgIpc) is 2.76. The fourth-order valence-corrected chi connectivity index (χ4v) is 3.01. The van der Waals surface area contributed by atoms with Gasteiger partial charge in [0.2, 0.25) is 0 Å². The summed E-state index contributed by atoms with van der Waals surface area (Å²) in [5, 5.41) is 8.79. The molecule has 1 fully saturated rings. The normalized spacial score (nSPS) is 24.7. The first-order chi connectivity index (χ1) is 7.52. The third-order valence-electron chi connectivity index (χ3n) is 2.89. The quantitative estimate of drug-likeness (QED) is 0.854. The second-order valence-corrected chi connectivity index (χ2v) is 5.76. The molecule has 1 saturated heterocycles. The van der Waals surface area contributed by atoms with Crippen molar-refractivity contribution in [3.8, 4) is 0 Å². The van der Waals surface area contributed by atoms with E-state index >= 15 is 0 Å². The van der Waals surface area contributed by atoms with E-state index in [1.165, 1.54) is 11.3 Å². The van der Waals surface area contributed by atoms with Crippen molar-refractivity contribution < 1.29 is 4.79 Å². The predicted molar refractivity (Wildman–Crippen MR) is 67.4 cm³/mol. The Hall–Kier alpha value is -0.580. The van der Waals surface area contributed by atoms with Crippen molar-refractivity contribution in [3.05, 3.63) is 20.8 Å². The topological polar surface area (TPSA) is 41.1 Å². The summed E-state index contributed by atoms with van der Waals surface area (Å²) in [5.74, 6) is -0.0608. The number of hydrogen-bond donors (Lipinski definition) is 2. The van der Waals surface area contributed by atoms with Crippen LogP contribution in [0, 0.1) is 6.92 Å². The maximum Gasteiger partial charge on any atom is 0.263 e. The van der Waals surface area contributed by atoms with Gasteiger partial charge in [0.1, 0.15) is 4.88 Å². The van der Waals surface area contributed by atoms with Crippen molar-refractivity contribution in [2.45, 2.75) is 25.8 Å². The van der Waals surface area contributed by atoms with Gasteiger partial charge in [-0.15, -0.1) is 11.3 Å². The molecule has 88 valence electrons. The molecule has 1 atom stereocenters. The second kappa shape index (κ2) is 4.35. The smallest absolute Gasteiger partial charge is 0.263 e. The zero-order valence-corrected chi connectivity index (χ0v) is 11.0. The molecular formula is C11H15ClN2OS. The van der Waals surface area contributed by atoms with Crippen molar-refractivity contribution in [2.75, 3.05) is 13.1 Å². The fourth-order valence-electron chi connectivity index (χ4n) is 1.84. The van der Waals surface area contributed by atoms with E-state index in [2.05, 4.69) is 17.6 Å². The maximum absolute atomic E-state index is 12.0. The Labute approximate surface area is 104 Å². The molecule has 2 rings (SSSR count). The van der Waals surface area contributed by atoms with Gasteiger partial charge < -0.3 is 10.6 Å². The van der Waals surface area contributed by atoms with Crippen LogP contribution in [0.2, 0.25) is 5.02 Å². The molecule has 2 heterocycles. The molecule has 1 amide bonds. The van der Waals surface area contributed by atoms with Crippen molar-refractivity contribution >= 4 is 28.8 Å². The summed E-state index contributed by atoms with van der Waals surface area (Å²) < 4.78 is 0. The first-order valence-corrected chi connectivity index (χ1v) is 6.54. The van der Waals surface area contributed by atoms with E-state index < -0.39 is 0 Å². The number of hydrogen-bond acceptors (Lipinski definition) is 3. The molecule has 5 heteroatoms. The highest BCUT2D eigenvalue weighted by atomic mass is 35.5. The number of carbonyl (C=O) groups excluding carboxylic acids is 1. The largest absolute Gasteiger partial charge is 0.345 e. The minimum Gasteiger partial charge on any atom is -0.345 e. The van der Waals surface area contributed by atoms with E-state index in [1.807, 2.05) is 12.3 Å². The molecule has 0 saturated carbocycles. The van der Waals surface area contributed by atoms with Crippen molar-refractivity contribution in [3.63, 3.8) is 0 Å². The summed E-state index contributed by atoms with van der Waals surface area (Å²) in [6, 6.07) is 0. The van der Waals surface area contributed by atoms with Gasteiger partial charge >= 0.3 is 0 Å². The van der Waals surface area contributed by atoms with E-state index in [9.17, 15) is 4.79 Å². The molecule has 2 N–H and O–H groups in total. The van der Waals surface area contributed by atoms with Crippen LogP contribution in [-0.4, -0.2) is 24.5 Å². The first-order valence-electron chi connectivity index (χ1n) is 5.29. The van der Waals surface area contributed by atoms with Gasteiger partial charge in [-0.2, -0.15) is 0 Å². The Balaban J connectivity index is 2.11. The van der Waals surface area contributed by atoms with Crippen LogP contribution in [0.4, 0.5) is 0 Å². The lowest BCUT2D eigenvalue weighted by Gasteiger charge is -2.24. The van der Waals surface area contributed by atoms with Gasteiger partial charge in [-0.1, -0.05) is 11.6 Å². The fraction of sp³-hybridized carbons (Fsp3) is 0.545. The van der Waals surface area contributed by atoms with Gasteiger partial charge in [-0.05, 0) is 37.8 Å². The van der Waals surface area contributed by atoms with E-state index in [-0.39, 0.29) is 11.4 Å². The summed E-state index contributed by atoms with van der Waals surface area (Å²) in [4.78, 5) is 12.6. The van der Waals surface area contributed by atoms with E-state index in [0.717, 1.165) is 25.1 Å². The van der Waals surface area contributed by atoms with Crippen LogP contribution in [-0.2, 0) is 0 Å². The van der Waals surface area contributed by atoms with Gasteiger partial charge in [-0.3, -0.25) is 4.79 Å². The van der Waals surface area contributed by atoms with Gasteiger partial charge in [0.25, 0.3) is 5.91 Å². The highest BCUT2D eigenvalue weighted by molar-refractivity contribution is 7.13. The molecule has 1 aromatic rings. The summed E-state index contributed by atoms with van der Waals surface area (Å²) in [6.07, 6.45) is 0.959. The van der Waals surface area contributed by atoms with Crippen LogP contribution in [0.25, 0.3) is 0 Å². The van der Waals surface area contributed by atoms with Crippen LogP contribution in [0.15, 0.2) is 5.38 Å². The Kier molecular flexibility index (Phi) is 3.24.